The van der Waals surface area contributed by atoms with Crippen LogP contribution in [0.3, 0.4) is 0 Å². The van der Waals surface area contributed by atoms with Gasteiger partial charge in [-0.2, -0.15) is 0 Å². The highest BCUT2D eigenvalue weighted by Crippen LogP contribution is 2.28. The number of hydrogen-bond donors (Lipinski definition) is 0. The van der Waals surface area contributed by atoms with Crippen molar-refractivity contribution in [1.82, 2.24) is 0 Å². The number of rotatable bonds is 9. The lowest BCUT2D eigenvalue weighted by molar-refractivity contribution is -0.114. The van der Waals surface area contributed by atoms with Crippen LogP contribution in [0.1, 0.15) is 59.3 Å². The van der Waals surface area contributed by atoms with Crippen LogP contribution >= 0.6 is 0 Å². The van der Waals surface area contributed by atoms with E-state index < -0.39 is 0 Å². The first-order chi connectivity index (χ1) is 8.14. The van der Waals surface area contributed by atoms with Gasteiger partial charge in [0, 0.05) is 0 Å². The standard InChI is InChI=1S/C16H26O/c1-5-8-10-15(4)11-13-16(7-3,14-17)12-9-6-2/h5,13-14H,1,6-10,12H2,2-4H3/t11?,16-/m1/s1. The summed E-state index contributed by atoms with van der Waals surface area (Å²) in [5.74, 6) is 0. The summed E-state index contributed by atoms with van der Waals surface area (Å²) in [4.78, 5) is 11.3. The van der Waals surface area contributed by atoms with Gasteiger partial charge >= 0.3 is 0 Å². The lowest BCUT2D eigenvalue weighted by Gasteiger charge is -2.21. The summed E-state index contributed by atoms with van der Waals surface area (Å²) >= 11 is 0. The predicted molar refractivity (Wildman–Crippen MR) is 75.0 cm³/mol. The predicted octanol–water partition coefficient (Wildman–Crippen LogP) is 4.84. The average Bonchev–Trinajstić information content (AvgIpc) is 2.37. The van der Waals surface area contributed by atoms with Gasteiger partial charge in [0.05, 0.1) is 5.41 Å². The fraction of sp³-hybridized carbons (Fsp3) is 0.625. The Bertz CT molecular complexity index is 295. The first-order valence-electron chi connectivity index (χ1n) is 6.64. The van der Waals surface area contributed by atoms with E-state index in [-0.39, 0.29) is 5.41 Å². The molecule has 1 nitrogen and oxygen atoms in total. The number of carbonyl (C=O) groups excluding carboxylic acids is 1. The van der Waals surface area contributed by atoms with E-state index >= 15 is 0 Å². The van der Waals surface area contributed by atoms with E-state index in [4.69, 9.17) is 0 Å². The van der Waals surface area contributed by atoms with E-state index in [0.29, 0.717) is 0 Å². The smallest absolute Gasteiger partial charge is 0.130 e. The van der Waals surface area contributed by atoms with Crippen LogP contribution < -0.4 is 0 Å². The van der Waals surface area contributed by atoms with Gasteiger partial charge in [0.25, 0.3) is 0 Å². The van der Waals surface area contributed by atoms with Crippen LogP contribution in [0, 0.1) is 5.41 Å². The zero-order valence-corrected chi connectivity index (χ0v) is 11.6. The molecule has 0 rings (SSSR count). The highest BCUT2D eigenvalue weighted by atomic mass is 16.1. The van der Waals surface area contributed by atoms with E-state index in [1.165, 1.54) is 5.57 Å². The minimum absolute atomic E-state index is 0.300. The molecule has 1 atom stereocenters. The largest absolute Gasteiger partial charge is 0.302 e. The molecule has 0 N–H and O–H groups in total. The highest BCUT2D eigenvalue weighted by Gasteiger charge is 2.23. The molecule has 0 amide bonds. The quantitative estimate of drug-likeness (QED) is 0.317. The Kier molecular flexibility index (Phi) is 8.44. The van der Waals surface area contributed by atoms with Crippen molar-refractivity contribution < 1.29 is 4.79 Å². The van der Waals surface area contributed by atoms with Gasteiger partial charge in [0.2, 0.25) is 0 Å². The maximum absolute atomic E-state index is 11.3. The van der Waals surface area contributed by atoms with Crippen molar-refractivity contribution in [3.05, 3.63) is 30.0 Å². The summed E-state index contributed by atoms with van der Waals surface area (Å²) in [5.41, 5.74) is 4.18. The minimum atomic E-state index is -0.300. The SMILES string of the molecule is C=CCCC(C)=C=C[C@@](C=O)(CC)CCCC. The van der Waals surface area contributed by atoms with E-state index in [9.17, 15) is 4.79 Å². The van der Waals surface area contributed by atoms with Crippen LogP contribution in [0.2, 0.25) is 0 Å². The molecule has 0 aromatic carbocycles. The molecule has 0 aliphatic heterocycles. The van der Waals surface area contributed by atoms with Gasteiger partial charge in [-0.25, -0.2) is 0 Å². The third-order valence-corrected chi connectivity index (χ3v) is 3.22. The molecule has 0 aliphatic carbocycles. The molecule has 17 heavy (non-hydrogen) atoms. The number of allylic oxidation sites excluding steroid dienone is 2. The molecule has 0 bridgehead atoms. The first kappa shape index (κ1) is 15.9. The second-order valence-electron chi connectivity index (χ2n) is 4.70. The molecular formula is C16H26O. The third kappa shape index (κ3) is 6.28. The maximum Gasteiger partial charge on any atom is 0.130 e. The van der Waals surface area contributed by atoms with Crippen LogP contribution in [-0.4, -0.2) is 6.29 Å². The van der Waals surface area contributed by atoms with Gasteiger partial charge < -0.3 is 4.79 Å². The maximum atomic E-state index is 11.3. The molecule has 0 saturated carbocycles. The van der Waals surface area contributed by atoms with Crippen LogP contribution in [-0.2, 0) is 4.79 Å². The van der Waals surface area contributed by atoms with E-state index in [1.807, 2.05) is 12.2 Å². The summed E-state index contributed by atoms with van der Waals surface area (Å²) < 4.78 is 0. The lowest BCUT2D eigenvalue weighted by Crippen LogP contribution is -2.18. The molecule has 0 aromatic heterocycles. The Morgan fingerprint density at radius 3 is 2.59 bits per heavy atom. The van der Waals surface area contributed by atoms with Crippen molar-refractivity contribution in [2.24, 2.45) is 5.41 Å². The van der Waals surface area contributed by atoms with Crippen molar-refractivity contribution in [1.29, 1.82) is 0 Å². The Morgan fingerprint density at radius 1 is 1.41 bits per heavy atom. The third-order valence-electron chi connectivity index (χ3n) is 3.22. The van der Waals surface area contributed by atoms with Gasteiger partial charge in [0.1, 0.15) is 6.29 Å². The molecule has 0 aliphatic rings. The van der Waals surface area contributed by atoms with Crippen LogP contribution in [0.5, 0.6) is 0 Å². The van der Waals surface area contributed by atoms with Crippen molar-refractivity contribution in [2.75, 3.05) is 0 Å². The molecule has 0 fully saturated rings. The van der Waals surface area contributed by atoms with Gasteiger partial charge in [-0.3, -0.25) is 0 Å². The fourth-order valence-electron chi connectivity index (χ4n) is 1.69. The van der Waals surface area contributed by atoms with Gasteiger partial charge in [-0.1, -0.05) is 32.8 Å². The zero-order chi connectivity index (χ0) is 13.1. The van der Waals surface area contributed by atoms with Gasteiger partial charge in [-0.15, -0.1) is 12.3 Å². The lowest BCUT2D eigenvalue weighted by atomic mass is 9.81. The topological polar surface area (TPSA) is 17.1 Å². The Balaban J connectivity index is 4.76. The molecule has 0 unspecified atom stereocenters. The number of hydrogen-bond acceptors (Lipinski definition) is 1. The van der Waals surface area contributed by atoms with Crippen molar-refractivity contribution >= 4 is 6.29 Å². The molecule has 0 spiro atoms. The van der Waals surface area contributed by atoms with Crippen LogP contribution in [0.25, 0.3) is 0 Å². The summed E-state index contributed by atoms with van der Waals surface area (Å²) in [6.45, 7) is 9.99. The molecule has 1 heteroatoms. The molecular weight excluding hydrogens is 208 g/mol. The number of unbranched alkanes of at least 4 members (excludes halogenated alkanes) is 1. The monoisotopic (exact) mass is 234 g/mol. The number of aldehydes is 1. The Morgan fingerprint density at radius 2 is 2.12 bits per heavy atom. The van der Waals surface area contributed by atoms with E-state index in [0.717, 1.165) is 44.8 Å². The second kappa shape index (κ2) is 9.01. The van der Waals surface area contributed by atoms with Gasteiger partial charge in [0.15, 0.2) is 0 Å². The molecule has 0 saturated heterocycles. The van der Waals surface area contributed by atoms with E-state index in [2.05, 4.69) is 33.1 Å². The average molecular weight is 234 g/mol. The summed E-state index contributed by atoms with van der Waals surface area (Å²) in [6, 6.07) is 0. The Hall–Kier alpha value is -1.07. The molecule has 0 radical (unpaired) electrons. The minimum Gasteiger partial charge on any atom is -0.302 e. The van der Waals surface area contributed by atoms with Crippen molar-refractivity contribution in [3.63, 3.8) is 0 Å². The number of carbonyl (C=O) groups is 1. The van der Waals surface area contributed by atoms with Crippen LogP contribution in [0.4, 0.5) is 0 Å². The van der Waals surface area contributed by atoms with Crippen molar-refractivity contribution in [2.45, 2.75) is 59.3 Å². The normalized spacial score (nSPS) is 13.4. The molecule has 0 aromatic rings. The first-order valence-corrected chi connectivity index (χ1v) is 6.64. The summed E-state index contributed by atoms with van der Waals surface area (Å²) in [7, 11) is 0. The highest BCUT2D eigenvalue weighted by molar-refractivity contribution is 5.62. The Labute approximate surface area is 106 Å². The van der Waals surface area contributed by atoms with Crippen LogP contribution in [0.15, 0.2) is 30.0 Å². The zero-order valence-electron chi connectivity index (χ0n) is 11.6. The second-order valence-corrected chi connectivity index (χ2v) is 4.70. The fourth-order valence-corrected chi connectivity index (χ4v) is 1.69. The van der Waals surface area contributed by atoms with Crippen molar-refractivity contribution in [3.8, 4) is 0 Å². The molecule has 0 heterocycles. The van der Waals surface area contributed by atoms with Gasteiger partial charge in [-0.05, 0) is 44.3 Å². The summed E-state index contributed by atoms with van der Waals surface area (Å²) in [5, 5.41) is 0. The summed E-state index contributed by atoms with van der Waals surface area (Å²) in [6.07, 6.45) is 11.0. The molecule has 96 valence electrons. The van der Waals surface area contributed by atoms with E-state index in [1.54, 1.807) is 0 Å².